The second-order valence-corrected chi connectivity index (χ2v) is 5.56. The highest BCUT2D eigenvalue weighted by atomic mass is 32.2. The van der Waals surface area contributed by atoms with Crippen molar-refractivity contribution >= 4 is 16.2 Å². The van der Waals surface area contributed by atoms with Crippen LogP contribution in [0.2, 0.25) is 0 Å². The number of hydrogen-bond donors (Lipinski definition) is 2. The maximum atomic E-state index is 11.2. The molecule has 0 amide bonds. The lowest BCUT2D eigenvalue weighted by molar-refractivity contribution is 0.553. The summed E-state index contributed by atoms with van der Waals surface area (Å²) < 4.78 is 25.7. The van der Waals surface area contributed by atoms with E-state index in [0.29, 0.717) is 18.2 Å². The predicted molar refractivity (Wildman–Crippen MR) is 58.9 cm³/mol. The number of rotatable bonds is 3. The summed E-state index contributed by atoms with van der Waals surface area (Å²) in [6.07, 6.45) is 6.16. The third-order valence-electron chi connectivity index (χ3n) is 2.88. The van der Waals surface area contributed by atoms with Crippen LogP contribution in [0.25, 0.3) is 0 Å². The molecular formula is C9H15N3O2S. The zero-order valence-electron chi connectivity index (χ0n) is 8.44. The Bertz CT molecular complexity index is 405. The van der Waals surface area contributed by atoms with Crippen LogP contribution in [0.5, 0.6) is 0 Å². The van der Waals surface area contributed by atoms with Crippen LogP contribution >= 0.6 is 0 Å². The van der Waals surface area contributed by atoms with Crippen molar-refractivity contribution in [2.75, 3.05) is 6.54 Å². The molecule has 0 saturated heterocycles. The van der Waals surface area contributed by atoms with E-state index in [4.69, 9.17) is 5.73 Å². The van der Waals surface area contributed by atoms with E-state index in [2.05, 4.69) is 9.71 Å². The lowest BCUT2D eigenvalue weighted by Crippen LogP contribution is -2.29. The third kappa shape index (κ3) is 2.21. The van der Waals surface area contributed by atoms with Crippen LogP contribution in [-0.4, -0.2) is 27.2 Å². The van der Waals surface area contributed by atoms with Gasteiger partial charge in [0.05, 0.1) is 0 Å². The lowest BCUT2D eigenvalue weighted by atomic mass is 10.2. The molecule has 1 fully saturated rings. The van der Waals surface area contributed by atoms with E-state index in [9.17, 15) is 8.42 Å². The molecule has 3 N–H and O–H groups in total. The molecule has 84 valence electrons. The molecule has 0 unspecified atom stereocenters. The molecule has 2 rings (SSSR count). The largest absolute Gasteiger partial charge is 0.388 e. The second-order valence-electron chi connectivity index (χ2n) is 3.96. The zero-order chi connectivity index (χ0) is 10.9. The molecule has 2 aliphatic rings. The van der Waals surface area contributed by atoms with Gasteiger partial charge in [0.2, 0.25) is 0 Å². The topological polar surface area (TPSA) is 84.5 Å². The van der Waals surface area contributed by atoms with Crippen LogP contribution in [0.4, 0.5) is 0 Å². The summed E-state index contributed by atoms with van der Waals surface area (Å²) in [5, 5.41) is 3.19. The normalized spacial score (nSPS) is 25.3. The lowest BCUT2D eigenvalue weighted by Gasteiger charge is -2.11. The van der Waals surface area contributed by atoms with Gasteiger partial charge in [-0.25, -0.2) is 0 Å². The maximum absolute atomic E-state index is 11.2. The van der Waals surface area contributed by atoms with Crippen LogP contribution in [0.1, 0.15) is 25.7 Å². The van der Waals surface area contributed by atoms with Crippen molar-refractivity contribution in [1.82, 2.24) is 5.32 Å². The molecule has 15 heavy (non-hydrogen) atoms. The summed E-state index contributed by atoms with van der Waals surface area (Å²) in [6, 6.07) is 0.502. The minimum Gasteiger partial charge on any atom is -0.388 e. The number of nitrogens with zero attached hydrogens (tertiary/aromatic N) is 1. The summed E-state index contributed by atoms with van der Waals surface area (Å²) in [4.78, 5) is 0. The Labute approximate surface area is 89.5 Å². The minimum atomic E-state index is -3.53. The van der Waals surface area contributed by atoms with Crippen LogP contribution in [0, 0.1) is 0 Å². The Morgan fingerprint density at radius 1 is 1.47 bits per heavy atom. The van der Waals surface area contributed by atoms with Crippen molar-refractivity contribution in [2.24, 2.45) is 10.1 Å². The molecular weight excluding hydrogens is 214 g/mol. The minimum absolute atomic E-state index is 0.104. The van der Waals surface area contributed by atoms with Gasteiger partial charge in [0.15, 0.2) is 5.03 Å². The molecule has 0 aromatic carbocycles. The fraction of sp³-hybridized carbons (Fsp3) is 0.667. The monoisotopic (exact) mass is 229 g/mol. The molecule has 1 saturated carbocycles. The average molecular weight is 229 g/mol. The molecule has 0 aromatic rings. The van der Waals surface area contributed by atoms with Gasteiger partial charge < -0.3 is 11.1 Å². The molecule has 0 aromatic heterocycles. The maximum Gasteiger partial charge on any atom is 0.297 e. The quantitative estimate of drug-likeness (QED) is 0.719. The molecule has 1 aliphatic carbocycles. The fourth-order valence-electron chi connectivity index (χ4n) is 1.94. The van der Waals surface area contributed by atoms with E-state index in [0.717, 1.165) is 12.8 Å². The first-order chi connectivity index (χ1) is 7.09. The van der Waals surface area contributed by atoms with Crippen molar-refractivity contribution < 1.29 is 8.42 Å². The summed E-state index contributed by atoms with van der Waals surface area (Å²) in [5.74, 6) is 0. The third-order valence-corrected chi connectivity index (χ3v) is 4.08. The Morgan fingerprint density at radius 2 is 2.13 bits per heavy atom. The van der Waals surface area contributed by atoms with Crippen molar-refractivity contribution in [3.63, 3.8) is 0 Å². The van der Waals surface area contributed by atoms with Crippen LogP contribution in [-0.2, 0) is 10.0 Å². The number of nitrogens with one attached hydrogen (secondary N) is 1. The average Bonchev–Trinajstić information content (AvgIpc) is 2.76. The molecule has 0 radical (unpaired) electrons. The SMILES string of the molecule is NC1=C(CNC2CCCC2)C=NS1(=O)=O. The van der Waals surface area contributed by atoms with Crippen molar-refractivity contribution in [2.45, 2.75) is 31.7 Å². The van der Waals surface area contributed by atoms with Gasteiger partial charge in [-0.05, 0) is 12.8 Å². The van der Waals surface area contributed by atoms with Crippen LogP contribution < -0.4 is 11.1 Å². The van der Waals surface area contributed by atoms with Crippen molar-refractivity contribution in [1.29, 1.82) is 0 Å². The Morgan fingerprint density at radius 3 is 2.67 bits per heavy atom. The molecule has 0 spiro atoms. The highest BCUT2D eigenvalue weighted by Crippen LogP contribution is 2.19. The number of nitrogens with two attached hydrogens (primary N) is 1. The van der Waals surface area contributed by atoms with E-state index in [1.54, 1.807) is 0 Å². The van der Waals surface area contributed by atoms with E-state index in [1.807, 2.05) is 0 Å². The van der Waals surface area contributed by atoms with Crippen LogP contribution in [0.15, 0.2) is 15.0 Å². The van der Waals surface area contributed by atoms with Gasteiger partial charge in [-0.15, -0.1) is 0 Å². The molecule has 0 bridgehead atoms. The number of hydrogen-bond acceptors (Lipinski definition) is 4. The number of sulfonamides is 1. The van der Waals surface area contributed by atoms with Gasteiger partial charge in [-0.2, -0.15) is 12.8 Å². The van der Waals surface area contributed by atoms with Gasteiger partial charge in [0.25, 0.3) is 10.0 Å². The van der Waals surface area contributed by atoms with Crippen molar-refractivity contribution in [3.05, 3.63) is 10.6 Å². The highest BCUT2D eigenvalue weighted by molar-refractivity contribution is 7.94. The van der Waals surface area contributed by atoms with Gasteiger partial charge in [0.1, 0.15) is 0 Å². The van der Waals surface area contributed by atoms with E-state index in [1.165, 1.54) is 19.1 Å². The first-order valence-electron chi connectivity index (χ1n) is 5.12. The Balaban J connectivity index is 1.96. The van der Waals surface area contributed by atoms with E-state index in [-0.39, 0.29) is 5.03 Å². The zero-order valence-corrected chi connectivity index (χ0v) is 9.26. The van der Waals surface area contributed by atoms with E-state index < -0.39 is 10.0 Å². The van der Waals surface area contributed by atoms with Gasteiger partial charge in [-0.3, -0.25) is 0 Å². The fourth-order valence-corrected chi connectivity index (χ4v) is 2.77. The van der Waals surface area contributed by atoms with Gasteiger partial charge in [-0.1, -0.05) is 12.8 Å². The van der Waals surface area contributed by atoms with Crippen molar-refractivity contribution in [3.8, 4) is 0 Å². The van der Waals surface area contributed by atoms with Gasteiger partial charge in [0, 0.05) is 24.4 Å². The molecule has 6 heteroatoms. The smallest absolute Gasteiger partial charge is 0.297 e. The first kappa shape index (κ1) is 10.6. The molecule has 0 atom stereocenters. The van der Waals surface area contributed by atoms with Crippen LogP contribution in [0.3, 0.4) is 0 Å². The Kier molecular flexibility index (Phi) is 2.79. The predicted octanol–water partition coefficient (Wildman–Crippen LogP) is 0.103. The summed E-state index contributed by atoms with van der Waals surface area (Å²) in [5.41, 5.74) is 6.05. The summed E-state index contributed by atoms with van der Waals surface area (Å²) >= 11 is 0. The Hall–Kier alpha value is -0.880. The summed E-state index contributed by atoms with van der Waals surface area (Å²) in [6.45, 7) is 0.499. The summed E-state index contributed by atoms with van der Waals surface area (Å²) in [7, 11) is -3.53. The first-order valence-corrected chi connectivity index (χ1v) is 6.56. The van der Waals surface area contributed by atoms with E-state index >= 15 is 0 Å². The standard InChI is InChI=1S/C9H15N3O2S/c10-9-7(6-12-15(9,13)14)5-11-8-3-1-2-4-8/h6,8,11H,1-5,10H2. The van der Waals surface area contributed by atoms with Gasteiger partial charge >= 0.3 is 0 Å². The molecule has 1 aliphatic heterocycles. The molecule has 1 heterocycles. The molecule has 5 nitrogen and oxygen atoms in total. The highest BCUT2D eigenvalue weighted by Gasteiger charge is 2.23. The second kappa shape index (κ2) is 3.94.